The van der Waals surface area contributed by atoms with Crippen LogP contribution in [-0.2, 0) is 11.2 Å². The zero-order valence-corrected chi connectivity index (χ0v) is 16.0. The first-order valence-corrected chi connectivity index (χ1v) is 9.27. The van der Waals surface area contributed by atoms with E-state index in [9.17, 15) is 15.3 Å². The van der Waals surface area contributed by atoms with Gasteiger partial charge in [0, 0.05) is 12.0 Å². The smallest absolute Gasteiger partial charge is 0.122 e. The van der Waals surface area contributed by atoms with Gasteiger partial charge in [-0.25, -0.2) is 0 Å². The molecular weight excluding hydrogens is 370 g/mol. The molecule has 0 aliphatic carbocycles. The van der Waals surface area contributed by atoms with Gasteiger partial charge in [0.05, 0.1) is 25.7 Å². The Kier molecular flexibility index (Phi) is 6.53. The molecule has 1 heterocycles. The molecule has 0 saturated carbocycles. The van der Waals surface area contributed by atoms with Crippen molar-refractivity contribution in [3.05, 3.63) is 64.7 Å². The molecule has 0 amide bonds. The van der Waals surface area contributed by atoms with Crippen molar-refractivity contribution in [2.75, 3.05) is 7.11 Å². The minimum absolute atomic E-state index is 0.0913. The fraction of sp³-hybridized carbons (Fsp3) is 0.348. The predicted octanol–water partition coefficient (Wildman–Crippen LogP) is 1.70. The van der Waals surface area contributed by atoms with Crippen LogP contribution in [0.2, 0.25) is 0 Å². The molecule has 1 aliphatic rings. The van der Waals surface area contributed by atoms with Crippen LogP contribution < -0.4 is 4.74 Å². The van der Waals surface area contributed by atoms with Gasteiger partial charge in [0.25, 0.3) is 0 Å². The number of nitrogens with zero attached hydrogens (tertiary/aromatic N) is 1. The number of rotatable bonds is 5. The highest BCUT2D eigenvalue weighted by Gasteiger charge is 2.44. The summed E-state index contributed by atoms with van der Waals surface area (Å²) in [5, 5.41) is 39.6. The third-order valence-corrected chi connectivity index (χ3v) is 5.15. The Balaban J connectivity index is 1.90. The van der Waals surface area contributed by atoms with Gasteiger partial charge in [-0.05, 0) is 41.0 Å². The van der Waals surface area contributed by atoms with Gasteiger partial charge in [-0.3, -0.25) is 0 Å². The van der Waals surface area contributed by atoms with E-state index in [4.69, 9.17) is 21.2 Å². The standard InChI is InChI=1S/C23H23NO5/c1-3-14-4-6-15(7-5-14)12-17-13-16(8-9-18(17)28-2)23-22(27)21(26)20(25)19(29-23)10-11-24/h1,4-9,13,19-23,25-27H,10,12H2,2H3/t19-,20-,21?,22-,23+/m1/s1. The van der Waals surface area contributed by atoms with E-state index in [-0.39, 0.29) is 6.42 Å². The van der Waals surface area contributed by atoms with E-state index in [1.807, 2.05) is 36.4 Å². The summed E-state index contributed by atoms with van der Waals surface area (Å²) >= 11 is 0. The monoisotopic (exact) mass is 393 g/mol. The summed E-state index contributed by atoms with van der Waals surface area (Å²) in [6.07, 6.45) is 0.0611. The zero-order valence-electron chi connectivity index (χ0n) is 16.0. The van der Waals surface area contributed by atoms with E-state index in [0.29, 0.717) is 17.7 Å². The lowest BCUT2D eigenvalue weighted by Gasteiger charge is -2.40. The molecule has 0 aromatic heterocycles. The van der Waals surface area contributed by atoms with Crippen LogP contribution in [0.25, 0.3) is 0 Å². The maximum absolute atomic E-state index is 10.4. The molecule has 0 radical (unpaired) electrons. The number of nitriles is 1. The minimum Gasteiger partial charge on any atom is -0.496 e. The maximum Gasteiger partial charge on any atom is 0.122 e. The number of methoxy groups -OCH3 is 1. The summed E-state index contributed by atoms with van der Waals surface area (Å²) in [6, 6.07) is 14.9. The van der Waals surface area contributed by atoms with E-state index in [0.717, 1.165) is 16.7 Å². The molecule has 29 heavy (non-hydrogen) atoms. The van der Waals surface area contributed by atoms with Crippen molar-refractivity contribution in [2.45, 2.75) is 43.4 Å². The summed E-state index contributed by atoms with van der Waals surface area (Å²) < 4.78 is 11.2. The first kappa shape index (κ1) is 20.9. The number of benzene rings is 2. The number of ether oxygens (including phenoxy) is 2. The van der Waals surface area contributed by atoms with E-state index < -0.39 is 30.5 Å². The van der Waals surface area contributed by atoms with Crippen molar-refractivity contribution < 1.29 is 24.8 Å². The van der Waals surface area contributed by atoms with Crippen molar-refractivity contribution in [1.82, 2.24) is 0 Å². The van der Waals surface area contributed by atoms with Crippen LogP contribution in [0.4, 0.5) is 0 Å². The average Bonchev–Trinajstić information content (AvgIpc) is 2.74. The summed E-state index contributed by atoms with van der Waals surface area (Å²) in [4.78, 5) is 0. The van der Waals surface area contributed by atoms with E-state index in [2.05, 4.69) is 5.92 Å². The van der Waals surface area contributed by atoms with E-state index in [1.165, 1.54) is 0 Å². The molecule has 1 unspecified atom stereocenters. The fourth-order valence-electron chi connectivity index (χ4n) is 3.54. The Hall–Kier alpha value is -2.87. The summed E-state index contributed by atoms with van der Waals surface area (Å²) in [6.45, 7) is 0. The Morgan fingerprint density at radius 3 is 2.41 bits per heavy atom. The SMILES string of the molecule is C#Cc1ccc(Cc2cc([C@@H]3O[C@H](CC#N)[C@@H](O)C(O)[C@H]3O)ccc2OC)cc1. The van der Waals surface area contributed by atoms with E-state index >= 15 is 0 Å². The van der Waals surface area contributed by atoms with Crippen molar-refractivity contribution in [3.63, 3.8) is 0 Å². The molecule has 6 nitrogen and oxygen atoms in total. The minimum atomic E-state index is -1.41. The highest BCUT2D eigenvalue weighted by molar-refractivity contribution is 5.43. The van der Waals surface area contributed by atoms with Gasteiger partial charge in [0.1, 0.15) is 30.2 Å². The number of hydrogen-bond acceptors (Lipinski definition) is 6. The van der Waals surface area contributed by atoms with Crippen molar-refractivity contribution in [2.24, 2.45) is 0 Å². The molecule has 1 saturated heterocycles. The molecule has 3 N–H and O–H groups in total. The lowest BCUT2D eigenvalue weighted by atomic mass is 9.89. The predicted molar refractivity (Wildman–Crippen MR) is 106 cm³/mol. The maximum atomic E-state index is 10.4. The number of terminal acetylenes is 1. The largest absolute Gasteiger partial charge is 0.496 e. The summed E-state index contributed by atoms with van der Waals surface area (Å²) in [5.74, 6) is 3.26. The second kappa shape index (κ2) is 9.09. The lowest BCUT2D eigenvalue weighted by Crippen LogP contribution is -2.54. The van der Waals surface area contributed by atoms with Gasteiger partial charge in [-0.1, -0.05) is 24.1 Å². The Bertz CT molecular complexity index is 928. The molecule has 150 valence electrons. The van der Waals surface area contributed by atoms with Gasteiger partial charge in [0.15, 0.2) is 0 Å². The molecule has 6 heteroatoms. The van der Waals surface area contributed by atoms with Gasteiger partial charge in [0.2, 0.25) is 0 Å². The third-order valence-electron chi connectivity index (χ3n) is 5.15. The molecule has 0 bridgehead atoms. The molecule has 0 spiro atoms. The molecule has 1 fully saturated rings. The van der Waals surface area contributed by atoms with Crippen molar-refractivity contribution >= 4 is 0 Å². The molecule has 2 aromatic rings. The van der Waals surface area contributed by atoms with E-state index in [1.54, 1.807) is 19.2 Å². The molecule has 3 rings (SSSR count). The second-order valence-corrected chi connectivity index (χ2v) is 7.02. The second-order valence-electron chi connectivity index (χ2n) is 7.02. The lowest BCUT2D eigenvalue weighted by molar-refractivity contribution is -0.223. The Labute approximate surface area is 169 Å². The van der Waals surface area contributed by atoms with Gasteiger partial charge in [-0.15, -0.1) is 6.42 Å². The van der Waals surface area contributed by atoms with Crippen molar-refractivity contribution in [3.8, 4) is 24.2 Å². The summed E-state index contributed by atoms with van der Waals surface area (Å²) in [5.41, 5.74) is 3.32. The van der Waals surface area contributed by atoms with Crippen LogP contribution >= 0.6 is 0 Å². The van der Waals surface area contributed by atoms with Crippen LogP contribution in [-0.4, -0.2) is 46.8 Å². The molecule has 5 atom stereocenters. The third kappa shape index (κ3) is 4.42. The molecule has 1 aliphatic heterocycles. The fourth-order valence-corrected chi connectivity index (χ4v) is 3.54. The average molecular weight is 393 g/mol. The van der Waals surface area contributed by atoms with Crippen LogP contribution in [0.15, 0.2) is 42.5 Å². The number of aliphatic hydroxyl groups excluding tert-OH is 3. The topological polar surface area (TPSA) is 103 Å². The molecular formula is C23H23NO5. The molecule has 2 aromatic carbocycles. The Morgan fingerprint density at radius 1 is 1.07 bits per heavy atom. The van der Waals surface area contributed by atoms with Crippen LogP contribution in [0.5, 0.6) is 5.75 Å². The van der Waals surface area contributed by atoms with Gasteiger partial charge >= 0.3 is 0 Å². The quantitative estimate of drug-likeness (QED) is 0.668. The number of aliphatic hydroxyl groups is 3. The van der Waals surface area contributed by atoms with Gasteiger partial charge in [-0.2, -0.15) is 5.26 Å². The number of hydrogen-bond donors (Lipinski definition) is 3. The van der Waals surface area contributed by atoms with Crippen LogP contribution in [0.1, 0.15) is 34.8 Å². The summed E-state index contributed by atoms with van der Waals surface area (Å²) in [7, 11) is 1.58. The first-order chi connectivity index (χ1) is 14.0. The normalized spacial score (nSPS) is 26.3. The first-order valence-electron chi connectivity index (χ1n) is 9.27. The van der Waals surface area contributed by atoms with Crippen molar-refractivity contribution in [1.29, 1.82) is 5.26 Å². The van der Waals surface area contributed by atoms with Gasteiger partial charge < -0.3 is 24.8 Å². The Morgan fingerprint density at radius 2 is 1.79 bits per heavy atom. The van der Waals surface area contributed by atoms with Crippen LogP contribution in [0, 0.1) is 23.7 Å². The highest BCUT2D eigenvalue weighted by Crippen LogP contribution is 2.35. The highest BCUT2D eigenvalue weighted by atomic mass is 16.5. The zero-order chi connectivity index (χ0) is 21.0. The van der Waals surface area contributed by atoms with Crippen LogP contribution in [0.3, 0.4) is 0 Å².